The molecule has 1 heterocycles. The summed E-state index contributed by atoms with van der Waals surface area (Å²) in [5, 5.41) is 10.4. The highest BCUT2D eigenvalue weighted by molar-refractivity contribution is 5.73. The first-order valence-electron chi connectivity index (χ1n) is 4.99. The molecule has 0 saturated carbocycles. The van der Waals surface area contributed by atoms with E-state index in [1.165, 1.54) is 0 Å². The van der Waals surface area contributed by atoms with Gasteiger partial charge in [-0.3, -0.25) is 4.90 Å². The molecule has 0 radical (unpaired) electrons. The first-order valence-corrected chi connectivity index (χ1v) is 4.99. The minimum absolute atomic E-state index is 0.746. The average molecular weight is 258 g/mol. The maximum absolute atomic E-state index is 10.6. The predicted molar refractivity (Wildman–Crippen MR) is 54.9 cm³/mol. The smallest absolute Gasteiger partial charge is 0.475 e. The van der Waals surface area contributed by atoms with E-state index < -0.39 is 12.1 Å². The Labute approximate surface area is 97.5 Å². The molecule has 17 heavy (non-hydrogen) atoms. The summed E-state index contributed by atoms with van der Waals surface area (Å²) in [6.07, 6.45) is -5.08. The van der Waals surface area contributed by atoms with Gasteiger partial charge in [-0.2, -0.15) is 13.2 Å². The Balaban J connectivity index is 0.000000325. The normalized spacial score (nSPS) is 16.1. The van der Waals surface area contributed by atoms with Crippen molar-refractivity contribution < 1.29 is 27.8 Å². The molecular weight excluding hydrogens is 241 g/mol. The number of carboxylic acid groups (broad SMARTS) is 1. The molecule has 1 rings (SSSR count). The number of likely N-dealkylation sites (N-methyl/N-ethyl adjacent to an activating group) is 1. The molecular formula is C9H17F3N2O3. The minimum Gasteiger partial charge on any atom is -0.475 e. The Morgan fingerprint density at radius 3 is 2.24 bits per heavy atom. The summed E-state index contributed by atoms with van der Waals surface area (Å²) in [6, 6.07) is 0.746. The standard InChI is InChI=1S/C7H16N2O.C2HF3O2/c1-9(3-4-10-2)7-5-8-6-7;3-2(4,5)1(6)7/h7-8H,3-6H2,1-2H3;(H,6,7). The summed E-state index contributed by atoms with van der Waals surface area (Å²) >= 11 is 0. The van der Waals surface area contributed by atoms with Gasteiger partial charge in [0.1, 0.15) is 0 Å². The van der Waals surface area contributed by atoms with Gasteiger partial charge < -0.3 is 15.2 Å². The van der Waals surface area contributed by atoms with E-state index in [1.54, 1.807) is 7.11 Å². The lowest BCUT2D eigenvalue weighted by atomic mass is 10.1. The number of hydrogen-bond donors (Lipinski definition) is 2. The van der Waals surface area contributed by atoms with Crippen molar-refractivity contribution in [1.29, 1.82) is 0 Å². The Bertz CT molecular complexity index is 232. The van der Waals surface area contributed by atoms with Crippen LogP contribution in [0.2, 0.25) is 0 Å². The number of nitrogens with one attached hydrogen (secondary N) is 1. The van der Waals surface area contributed by atoms with Crippen LogP contribution in [0, 0.1) is 0 Å². The molecule has 0 amide bonds. The number of nitrogens with zero attached hydrogens (tertiary/aromatic N) is 1. The van der Waals surface area contributed by atoms with Crippen molar-refractivity contribution in [1.82, 2.24) is 10.2 Å². The number of carbonyl (C=O) groups is 1. The summed E-state index contributed by atoms with van der Waals surface area (Å²) < 4.78 is 36.7. The van der Waals surface area contributed by atoms with Gasteiger partial charge in [-0.1, -0.05) is 0 Å². The Hall–Kier alpha value is -0.860. The first-order chi connectivity index (χ1) is 7.79. The van der Waals surface area contributed by atoms with Crippen LogP contribution >= 0.6 is 0 Å². The SMILES string of the molecule is COCCN(C)C1CNC1.O=C(O)C(F)(F)F. The van der Waals surface area contributed by atoms with Crippen molar-refractivity contribution in [2.75, 3.05) is 40.4 Å². The molecule has 5 nitrogen and oxygen atoms in total. The highest BCUT2D eigenvalue weighted by Crippen LogP contribution is 2.13. The van der Waals surface area contributed by atoms with E-state index in [9.17, 15) is 13.2 Å². The number of methoxy groups -OCH3 is 1. The van der Waals surface area contributed by atoms with E-state index >= 15 is 0 Å². The fraction of sp³-hybridized carbons (Fsp3) is 0.889. The summed E-state index contributed by atoms with van der Waals surface area (Å²) in [6.45, 7) is 4.16. The molecule has 1 saturated heterocycles. The van der Waals surface area contributed by atoms with E-state index in [-0.39, 0.29) is 0 Å². The number of hydrogen-bond acceptors (Lipinski definition) is 4. The molecule has 8 heteroatoms. The fourth-order valence-electron chi connectivity index (χ4n) is 1.00. The third-order valence-electron chi connectivity index (χ3n) is 2.27. The quantitative estimate of drug-likeness (QED) is 0.752. The van der Waals surface area contributed by atoms with Gasteiger partial charge in [-0.05, 0) is 7.05 Å². The second-order valence-corrected chi connectivity index (χ2v) is 3.59. The van der Waals surface area contributed by atoms with Gasteiger partial charge in [0.05, 0.1) is 6.61 Å². The highest BCUT2D eigenvalue weighted by Gasteiger charge is 2.38. The van der Waals surface area contributed by atoms with Crippen LogP contribution < -0.4 is 5.32 Å². The molecule has 0 aromatic carbocycles. The number of halogens is 3. The van der Waals surface area contributed by atoms with Crippen molar-refractivity contribution in [3.8, 4) is 0 Å². The molecule has 0 unspecified atom stereocenters. The Morgan fingerprint density at radius 2 is 2.00 bits per heavy atom. The lowest BCUT2D eigenvalue weighted by Crippen LogP contribution is -2.56. The Kier molecular flexibility index (Phi) is 7.09. The maximum atomic E-state index is 10.6. The molecule has 1 fully saturated rings. The van der Waals surface area contributed by atoms with Gasteiger partial charge in [0.2, 0.25) is 0 Å². The maximum Gasteiger partial charge on any atom is 0.490 e. The zero-order valence-electron chi connectivity index (χ0n) is 9.75. The summed E-state index contributed by atoms with van der Waals surface area (Å²) in [4.78, 5) is 11.2. The van der Waals surface area contributed by atoms with Crippen LogP contribution in [0.3, 0.4) is 0 Å². The largest absolute Gasteiger partial charge is 0.490 e. The number of ether oxygens (including phenoxy) is 1. The summed E-state index contributed by atoms with van der Waals surface area (Å²) in [5.41, 5.74) is 0. The van der Waals surface area contributed by atoms with Crippen molar-refractivity contribution in [3.05, 3.63) is 0 Å². The zero-order chi connectivity index (χ0) is 13.5. The molecule has 0 bridgehead atoms. The average Bonchev–Trinajstić information content (AvgIpc) is 2.11. The monoisotopic (exact) mass is 258 g/mol. The molecule has 0 aliphatic carbocycles. The molecule has 0 aromatic rings. The topological polar surface area (TPSA) is 61.8 Å². The van der Waals surface area contributed by atoms with E-state index in [0.717, 1.165) is 32.3 Å². The van der Waals surface area contributed by atoms with Gasteiger partial charge in [-0.25, -0.2) is 4.79 Å². The van der Waals surface area contributed by atoms with E-state index in [1.807, 2.05) is 0 Å². The van der Waals surface area contributed by atoms with Gasteiger partial charge in [-0.15, -0.1) is 0 Å². The van der Waals surface area contributed by atoms with Crippen LogP contribution in [0.4, 0.5) is 13.2 Å². The molecule has 0 atom stereocenters. The molecule has 1 aliphatic heterocycles. The molecule has 2 N–H and O–H groups in total. The third-order valence-corrected chi connectivity index (χ3v) is 2.27. The van der Waals surface area contributed by atoms with Gasteiger partial charge in [0, 0.05) is 32.8 Å². The van der Waals surface area contributed by atoms with E-state index in [0.29, 0.717) is 0 Å². The van der Waals surface area contributed by atoms with Crippen molar-refractivity contribution in [3.63, 3.8) is 0 Å². The second-order valence-electron chi connectivity index (χ2n) is 3.59. The molecule has 1 aliphatic rings. The number of rotatable bonds is 4. The van der Waals surface area contributed by atoms with Crippen LogP contribution in [-0.2, 0) is 9.53 Å². The van der Waals surface area contributed by atoms with Crippen LogP contribution in [0.1, 0.15) is 0 Å². The highest BCUT2D eigenvalue weighted by atomic mass is 19.4. The molecule has 0 aromatic heterocycles. The Morgan fingerprint density at radius 1 is 1.53 bits per heavy atom. The van der Waals surface area contributed by atoms with E-state index in [4.69, 9.17) is 14.6 Å². The van der Waals surface area contributed by atoms with Crippen LogP contribution in [0.15, 0.2) is 0 Å². The predicted octanol–water partition coefficient (Wildman–Crippen LogP) is 0.170. The minimum atomic E-state index is -5.08. The van der Waals surface area contributed by atoms with Gasteiger partial charge in [0.25, 0.3) is 0 Å². The second kappa shape index (κ2) is 7.46. The zero-order valence-corrected chi connectivity index (χ0v) is 9.75. The van der Waals surface area contributed by atoms with Crippen molar-refractivity contribution >= 4 is 5.97 Å². The van der Waals surface area contributed by atoms with Crippen LogP contribution in [0.5, 0.6) is 0 Å². The van der Waals surface area contributed by atoms with Crippen molar-refractivity contribution in [2.24, 2.45) is 0 Å². The number of alkyl halides is 3. The van der Waals surface area contributed by atoms with E-state index in [2.05, 4.69) is 17.3 Å². The van der Waals surface area contributed by atoms with Crippen LogP contribution in [0.25, 0.3) is 0 Å². The lowest BCUT2D eigenvalue weighted by molar-refractivity contribution is -0.192. The first kappa shape index (κ1) is 16.1. The fourth-order valence-corrected chi connectivity index (χ4v) is 1.00. The number of carboxylic acids is 1. The summed E-state index contributed by atoms with van der Waals surface area (Å²) in [7, 11) is 3.89. The van der Waals surface area contributed by atoms with Crippen molar-refractivity contribution in [2.45, 2.75) is 12.2 Å². The third kappa shape index (κ3) is 7.14. The molecule has 102 valence electrons. The number of aliphatic carboxylic acids is 1. The lowest BCUT2D eigenvalue weighted by Gasteiger charge is -2.35. The van der Waals surface area contributed by atoms with Gasteiger partial charge in [0.15, 0.2) is 0 Å². The molecule has 0 spiro atoms. The van der Waals surface area contributed by atoms with Crippen LogP contribution in [-0.4, -0.2) is 68.6 Å². The van der Waals surface area contributed by atoms with Gasteiger partial charge >= 0.3 is 12.1 Å². The summed E-state index contributed by atoms with van der Waals surface area (Å²) in [5.74, 6) is -2.76.